The van der Waals surface area contributed by atoms with E-state index in [4.69, 9.17) is 4.74 Å². The van der Waals surface area contributed by atoms with Crippen molar-refractivity contribution in [1.29, 1.82) is 0 Å². The average molecular weight is 277 g/mol. The number of benzene rings is 1. The van der Waals surface area contributed by atoms with Gasteiger partial charge in [0.25, 0.3) is 0 Å². The smallest absolute Gasteiger partial charge is 0.308 e. The van der Waals surface area contributed by atoms with E-state index in [2.05, 4.69) is 19.2 Å². The monoisotopic (exact) mass is 277 g/mol. The zero-order chi connectivity index (χ0) is 14.8. The number of carbonyl (C=O) groups is 1. The van der Waals surface area contributed by atoms with Gasteiger partial charge in [-0.1, -0.05) is 12.1 Å². The van der Waals surface area contributed by atoms with Gasteiger partial charge in [0.1, 0.15) is 5.75 Å². The van der Waals surface area contributed by atoms with Crippen LogP contribution in [0.25, 0.3) is 0 Å². The van der Waals surface area contributed by atoms with Gasteiger partial charge >= 0.3 is 5.97 Å². The highest BCUT2D eigenvalue weighted by molar-refractivity contribution is 5.69. The van der Waals surface area contributed by atoms with Crippen molar-refractivity contribution in [2.75, 3.05) is 0 Å². The maximum atomic E-state index is 11.0. The van der Waals surface area contributed by atoms with Crippen LogP contribution in [0.5, 0.6) is 5.75 Å². The van der Waals surface area contributed by atoms with E-state index < -0.39 is 6.10 Å². The minimum Gasteiger partial charge on any atom is -0.427 e. The van der Waals surface area contributed by atoms with E-state index in [9.17, 15) is 9.90 Å². The number of rotatable bonds is 3. The molecule has 2 atom stereocenters. The van der Waals surface area contributed by atoms with Crippen LogP contribution >= 0.6 is 0 Å². The van der Waals surface area contributed by atoms with E-state index in [0.29, 0.717) is 5.75 Å². The average Bonchev–Trinajstić information content (AvgIpc) is 2.36. The third kappa shape index (κ3) is 3.81. The Balaban J connectivity index is 2.12. The molecule has 1 saturated heterocycles. The summed E-state index contributed by atoms with van der Waals surface area (Å²) in [6.07, 6.45) is 2.57. The fourth-order valence-electron chi connectivity index (χ4n) is 2.81. The van der Waals surface area contributed by atoms with Crippen molar-refractivity contribution in [2.24, 2.45) is 0 Å². The molecule has 0 spiro atoms. The topological polar surface area (TPSA) is 58.6 Å². The number of ether oxygens (including phenoxy) is 1. The van der Waals surface area contributed by atoms with Gasteiger partial charge in [0, 0.05) is 18.5 Å². The minimum atomic E-state index is -0.593. The van der Waals surface area contributed by atoms with Crippen LogP contribution < -0.4 is 10.1 Å². The molecule has 2 N–H and O–H groups in total. The van der Waals surface area contributed by atoms with Crippen molar-refractivity contribution in [3.05, 3.63) is 29.8 Å². The Kier molecular flexibility index (Phi) is 4.45. The van der Waals surface area contributed by atoms with Gasteiger partial charge in [-0.15, -0.1) is 0 Å². The van der Waals surface area contributed by atoms with Gasteiger partial charge in [-0.3, -0.25) is 4.79 Å². The summed E-state index contributed by atoms with van der Waals surface area (Å²) in [4.78, 5) is 11.0. The molecule has 0 bridgehead atoms. The Bertz CT molecular complexity index is 484. The van der Waals surface area contributed by atoms with Crippen molar-refractivity contribution in [3.63, 3.8) is 0 Å². The second-order valence-corrected chi connectivity index (χ2v) is 6.14. The quantitative estimate of drug-likeness (QED) is 0.658. The summed E-state index contributed by atoms with van der Waals surface area (Å²) in [6, 6.07) is 7.14. The van der Waals surface area contributed by atoms with E-state index in [0.717, 1.165) is 24.8 Å². The van der Waals surface area contributed by atoms with Gasteiger partial charge in [-0.25, -0.2) is 0 Å². The number of hydrogen-bond acceptors (Lipinski definition) is 4. The van der Waals surface area contributed by atoms with Gasteiger partial charge in [-0.05, 0) is 50.8 Å². The molecule has 0 saturated carbocycles. The van der Waals surface area contributed by atoms with Gasteiger partial charge < -0.3 is 15.2 Å². The van der Waals surface area contributed by atoms with Crippen molar-refractivity contribution in [2.45, 2.75) is 57.7 Å². The summed E-state index contributed by atoms with van der Waals surface area (Å²) in [6.45, 7) is 5.68. The molecule has 1 aliphatic heterocycles. The third-order valence-electron chi connectivity index (χ3n) is 3.74. The molecular formula is C16H23NO3. The standard InChI is InChI=1S/C16H23NO3/c1-11(18)20-13-7-4-6-12(10-13)15(19)14-8-5-9-16(2,3)17-14/h4,6-7,10,14-15,17,19H,5,8-9H2,1-3H3/t14-,15+/m1/s1. The van der Waals surface area contributed by atoms with Crippen molar-refractivity contribution in [1.82, 2.24) is 5.32 Å². The highest BCUT2D eigenvalue weighted by atomic mass is 16.5. The van der Waals surface area contributed by atoms with Gasteiger partial charge in [0.05, 0.1) is 6.10 Å². The van der Waals surface area contributed by atoms with Crippen LogP contribution in [-0.2, 0) is 4.79 Å². The lowest BCUT2D eigenvalue weighted by molar-refractivity contribution is -0.131. The first-order chi connectivity index (χ1) is 9.37. The maximum Gasteiger partial charge on any atom is 0.308 e. The SMILES string of the molecule is CC(=O)Oc1cccc([C@H](O)[C@H]2CCCC(C)(C)N2)c1. The Morgan fingerprint density at radius 3 is 2.90 bits per heavy atom. The first-order valence-corrected chi connectivity index (χ1v) is 7.11. The molecular weight excluding hydrogens is 254 g/mol. The number of hydrogen-bond donors (Lipinski definition) is 2. The summed E-state index contributed by atoms with van der Waals surface area (Å²) in [5, 5.41) is 14.0. The summed E-state index contributed by atoms with van der Waals surface area (Å²) in [5.74, 6) is 0.123. The Labute approximate surface area is 120 Å². The van der Waals surface area contributed by atoms with Gasteiger partial charge in [0.2, 0.25) is 0 Å². The third-order valence-corrected chi connectivity index (χ3v) is 3.74. The molecule has 0 aliphatic carbocycles. The molecule has 1 aromatic carbocycles. The van der Waals surface area contributed by atoms with E-state index in [1.165, 1.54) is 6.92 Å². The maximum absolute atomic E-state index is 11.0. The number of aliphatic hydroxyl groups is 1. The number of nitrogens with one attached hydrogen (secondary N) is 1. The zero-order valence-electron chi connectivity index (χ0n) is 12.3. The molecule has 1 fully saturated rings. The number of piperidine rings is 1. The number of esters is 1. The summed E-state index contributed by atoms with van der Waals surface area (Å²) >= 11 is 0. The lowest BCUT2D eigenvalue weighted by atomic mass is 9.85. The van der Waals surface area contributed by atoms with Crippen LogP contribution in [0.3, 0.4) is 0 Å². The predicted molar refractivity (Wildman–Crippen MR) is 77.6 cm³/mol. The van der Waals surface area contributed by atoms with E-state index in [1.807, 2.05) is 6.07 Å². The van der Waals surface area contributed by atoms with Crippen molar-refractivity contribution >= 4 is 5.97 Å². The van der Waals surface area contributed by atoms with Gasteiger partial charge in [0.15, 0.2) is 0 Å². The minimum absolute atomic E-state index is 0.0336. The van der Waals surface area contributed by atoms with Crippen LogP contribution in [0.15, 0.2) is 24.3 Å². The predicted octanol–water partition coefficient (Wildman–Crippen LogP) is 2.57. The van der Waals surface area contributed by atoms with Crippen LogP contribution in [0.4, 0.5) is 0 Å². The molecule has 0 aromatic heterocycles. The summed E-state index contributed by atoms with van der Waals surface area (Å²) < 4.78 is 5.06. The molecule has 4 nitrogen and oxygen atoms in total. The number of aliphatic hydroxyl groups excluding tert-OH is 1. The molecule has 20 heavy (non-hydrogen) atoms. The Morgan fingerprint density at radius 2 is 2.25 bits per heavy atom. The first kappa shape index (κ1) is 15.0. The van der Waals surface area contributed by atoms with E-state index in [-0.39, 0.29) is 17.6 Å². The molecule has 0 radical (unpaired) electrons. The largest absolute Gasteiger partial charge is 0.427 e. The molecule has 0 amide bonds. The molecule has 1 heterocycles. The summed E-state index contributed by atoms with van der Waals surface area (Å²) in [5.41, 5.74) is 0.830. The summed E-state index contributed by atoms with van der Waals surface area (Å²) in [7, 11) is 0. The molecule has 1 aromatic rings. The van der Waals surface area contributed by atoms with Gasteiger partial charge in [-0.2, -0.15) is 0 Å². The Hall–Kier alpha value is -1.39. The molecule has 2 rings (SSSR count). The highest BCUT2D eigenvalue weighted by Gasteiger charge is 2.31. The second kappa shape index (κ2) is 5.94. The van der Waals surface area contributed by atoms with Crippen molar-refractivity contribution in [3.8, 4) is 5.75 Å². The normalized spacial score (nSPS) is 23.1. The molecule has 4 heteroatoms. The highest BCUT2D eigenvalue weighted by Crippen LogP contribution is 2.30. The Morgan fingerprint density at radius 1 is 1.50 bits per heavy atom. The molecule has 0 unspecified atom stereocenters. The second-order valence-electron chi connectivity index (χ2n) is 6.14. The van der Waals surface area contributed by atoms with Crippen LogP contribution in [-0.4, -0.2) is 22.7 Å². The first-order valence-electron chi connectivity index (χ1n) is 7.11. The number of carbonyl (C=O) groups excluding carboxylic acids is 1. The lowest BCUT2D eigenvalue weighted by Crippen LogP contribution is -2.51. The zero-order valence-corrected chi connectivity index (χ0v) is 12.3. The van der Waals surface area contributed by atoms with Crippen LogP contribution in [0, 0.1) is 0 Å². The fourth-order valence-corrected chi connectivity index (χ4v) is 2.81. The fraction of sp³-hybridized carbons (Fsp3) is 0.562. The lowest BCUT2D eigenvalue weighted by Gasteiger charge is -2.39. The molecule has 1 aliphatic rings. The van der Waals surface area contributed by atoms with Crippen LogP contribution in [0.1, 0.15) is 51.7 Å². The van der Waals surface area contributed by atoms with E-state index >= 15 is 0 Å². The van der Waals surface area contributed by atoms with E-state index in [1.54, 1.807) is 18.2 Å². The van der Waals surface area contributed by atoms with Crippen molar-refractivity contribution < 1.29 is 14.6 Å². The van der Waals surface area contributed by atoms with Crippen LogP contribution in [0.2, 0.25) is 0 Å². The molecule has 110 valence electrons.